The van der Waals surface area contributed by atoms with Crippen molar-refractivity contribution in [2.45, 2.75) is 13.0 Å². The molecule has 2 aromatic heterocycles. The molecule has 1 fully saturated rings. The van der Waals surface area contributed by atoms with E-state index >= 15 is 0 Å². The zero-order valence-corrected chi connectivity index (χ0v) is 17.5. The summed E-state index contributed by atoms with van der Waals surface area (Å²) in [6.45, 7) is 6.04. The molecule has 4 aromatic rings. The number of benzene rings is 2. The van der Waals surface area contributed by atoms with E-state index in [1.807, 2.05) is 24.3 Å². The molecule has 0 unspecified atom stereocenters. The molecule has 0 amide bonds. The summed E-state index contributed by atoms with van der Waals surface area (Å²) in [6.07, 6.45) is 1.12. The van der Waals surface area contributed by atoms with Gasteiger partial charge in [-0.2, -0.15) is 5.10 Å². The Morgan fingerprint density at radius 1 is 0.968 bits per heavy atom. The smallest absolute Gasteiger partial charge is 0.348 e. The van der Waals surface area contributed by atoms with E-state index in [1.165, 1.54) is 5.56 Å². The first-order valence-corrected chi connectivity index (χ1v) is 10.9. The molecular weight excluding hydrogens is 390 g/mol. The third-order valence-electron chi connectivity index (χ3n) is 6.16. The minimum atomic E-state index is -0.220. The second kappa shape index (κ2) is 8.63. The van der Waals surface area contributed by atoms with E-state index in [0.29, 0.717) is 5.65 Å². The standard InChI is InChI=1S/C24H27N5O2/c30-15-14-27-10-3-11-28(13-12-27)17-18-4-1-5-19(16-18)20-6-2-7-22-21(20)8-9-23-25-26-24(31)29(22)23/h1-2,4-9,16,30H,3,10-15,17H2,(H,26,31). The number of H-pyrrole nitrogens is 1. The van der Waals surface area contributed by atoms with Crippen LogP contribution in [0.1, 0.15) is 12.0 Å². The Balaban J connectivity index is 1.44. The summed E-state index contributed by atoms with van der Waals surface area (Å²) < 4.78 is 1.62. The maximum Gasteiger partial charge on any atom is 0.348 e. The van der Waals surface area contributed by atoms with Crippen molar-refractivity contribution in [2.24, 2.45) is 0 Å². The van der Waals surface area contributed by atoms with Crippen molar-refractivity contribution >= 4 is 16.6 Å². The Labute approximate surface area is 180 Å². The molecule has 2 N–H and O–H groups in total. The van der Waals surface area contributed by atoms with Gasteiger partial charge in [0.05, 0.1) is 12.1 Å². The van der Waals surface area contributed by atoms with E-state index in [4.69, 9.17) is 0 Å². The third kappa shape index (κ3) is 3.99. The van der Waals surface area contributed by atoms with Gasteiger partial charge in [0.15, 0.2) is 5.65 Å². The van der Waals surface area contributed by atoms with E-state index < -0.39 is 0 Å². The van der Waals surface area contributed by atoms with Crippen LogP contribution in [0.15, 0.2) is 59.4 Å². The number of pyridine rings is 1. The molecule has 0 spiro atoms. The number of fused-ring (bicyclic) bond motifs is 3. The molecular formula is C24H27N5O2. The molecule has 0 saturated carbocycles. The number of aromatic amines is 1. The second-order valence-corrected chi connectivity index (χ2v) is 8.19. The van der Waals surface area contributed by atoms with Crippen LogP contribution in [0, 0.1) is 0 Å². The van der Waals surface area contributed by atoms with Crippen LogP contribution in [0.25, 0.3) is 27.7 Å². The molecule has 7 nitrogen and oxygen atoms in total. The molecule has 0 bridgehead atoms. The lowest BCUT2D eigenvalue weighted by Gasteiger charge is -2.21. The minimum absolute atomic E-state index is 0.220. The van der Waals surface area contributed by atoms with Crippen LogP contribution in [0.3, 0.4) is 0 Å². The average Bonchev–Trinajstić information content (AvgIpc) is 3.04. The monoisotopic (exact) mass is 417 g/mol. The first kappa shape index (κ1) is 19.9. The highest BCUT2D eigenvalue weighted by atomic mass is 16.3. The van der Waals surface area contributed by atoms with Gasteiger partial charge in [0.2, 0.25) is 0 Å². The molecule has 2 aromatic carbocycles. The lowest BCUT2D eigenvalue weighted by molar-refractivity contribution is 0.196. The van der Waals surface area contributed by atoms with Gasteiger partial charge >= 0.3 is 5.69 Å². The predicted molar refractivity (Wildman–Crippen MR) is 122 cm³/mol. The number of hydrogen-bond acceptors (Lipinski definition) is 5. The van der Waals surface area contributed by atoms with Crippen LogP contribution in [0.5, 0.6) is 0 Å². The van der Waals surface area contributed by atoms with E-state index in [9.17, 15) is 9.90 Å². The number of β-amino-alcohol motifs (C(OH)–C–C–N with tert-alkyl or cyclic N) is 1. The van der Waals surface area contributed by atoms with Crippen LogP contribution in [0.2, 0.25) is 0 Å². The number of aliphatic hydroxyl groups excluding tert-OH is 1. The highest BCUT2D eigenvalue weighted by Gasteiger charge is 2.15. The summed E-state index contributed by atoms with van der Waals surface area (Å²) in [5, 5.41) is 16.9. The molecule has 1 aliphatic heterocycles. The minimum Gasteiger partial charge on any atom is -0.395 e. The van der Waals surface area contributed by atoms with Crippen molar-refractivity contribution in [3.05, 3.63) is 70.6 Å². The summed E-state index contributed by atoms with van der Waals surface area (Å²) in [7, 11) is 0. The maximum atomic E-state index is 12.2. The molecule has 1 aliphatic rings. The number of nitrogens with one attached hydrogen (secondary N) is 1. The molecule has 0 aliphatic carbocycles. The van der Waals surface area contributed by atoms with Crippen LogP contribution in [-0.4, -0.2) is 68.8 Å². The summed E-state index contributed by atoms with van der Waals surface area (Å²) in [5.74, 6) is 0. The van der Waals surface area contributed by atoms with Crippen molar-refractivity contribution in [1.82, 2.24) is 24.4 Å². The summed E-state index contributed by atoms with van der Waals surface area (Å²) in [5.41, 5.74) is 4.81. The Bertz CT molecular complexity index is 1260. The summed E-state index contributed by atoms with van der Waals surface area (Å²) in [4.78, 5) is 17.1. The van der Waals surface area contributed by atoms with E-state index in [-0.39, 0.29) is 12.3 Å². The molecule has 7 heteroatoms. The fourth-order valence-electron chi connectivity index (χ4n) is 4.63. The summed E-state index contributed by atoms with van der Waals surface area (Å²) >= 11 is 0. The molecule has 160 valence electrons. The Hall–Kier alpha value is -3.00. The van der Waals surface area contributed by atoms with Crippen LogP contribution < -0.4 is 5.69 Å². The SMILES string of the molecule is O=c1[nH]nc2ccc3c(-c4cccc(CN5CCCN(CCO)CC5)c4)cccc3n12. The number of nitrogens with zero attached hydrogens (tertiary/aromatic N) is 4. The van der Waals surface area contributed by atoms with Gasteiger partial charge in [-0.3, -0.25) is 9.80 Å². The van der Waals surface area contributed by atoms with E-state index in [0.717, 1.165) is 67.7 Å². The van der Waals surface area contributed by atoms with Crippen LogP contribution in [0.4, 0.5) is 0 Å². The molecule has 3 heterocycles. The molecule has 0 atom stereocenters. The highest BCUT2D eigenvalue weighted by molar-refractivity contribution is 5.96. The number of aliphatic hydroxyl groups is 1. The zero-order valence-electron chi connectivity index (χ0n) is 17.5. The fraction of sp³-hybridized carbons (Fsp3) is 0.333. The van der Waals surface area contributed by atoms with Crippen molar-refractivity contribution in [3.63, 3.8) is 0 Å². The topological polar surface area (TPSA) is 76.9 Å². The van der Waals surface area contributed by atoms with Crippen LogP contribution in [-0.2, 0) is 6.54 Å². The van der Waals surface area contributed by atoms with E-state index in [1.54, 1.807) is 4.40 Å². The number of aromatic nitrogens is 3. The number of rotatable bonds is 5. The quantitative estimate of drug-likeness (QED) is 0.521. The molecule has 5 rings (SSSR count). The van der Waals surface area contributed by atoms with Gasteiger partial charge in [-0.05, 0) is 60.5 Å². The maximum absolute atomic E-state index is 12.2. The fourth-order valence-corrected chi connectivity index (χ4v) is 4.63. The lowest BCUT2D eigenvalue weighted by atomic mass is 9.98. The average molecular weight is 418 g/mol. The lowest BCUT2D eigenvalue weighted by Crippen LogP contribution is -2.32. The van der Waals surface area contributed by atoms with Crippen molar-refractivity contribution in [1.29, 1.82) is 0 Å². The Morgan fingerprint density at radius 3 is 2.71 bits per heavy atom. The number of hydrogen-bond donors (Lipinski definition) is 2. The van der Waals surface area contributed by atoms with Gasteiger partial charge < -0.3 is 5.11 Å². The largest absolute Gasteiger partial charge is 0.395 e. The summed E-state index contributed by atoms with van der Waals surface area (Å²) in [6, 6.07) is 18.7. The molecule has 0 radical (unpaired) electrons. The Morgan fingerprint density at radius 2 is 1.81 bits per heavy atom. The van der Waals surface area contributed by atoms with Crippen molar-refractivity contribution in [2.75, 3.05) is 39.3 Å². The molecule has 31 heavy (non-hydrogen) atoms. The zero-order chi connectivity index (χ0) is 21.2. The Kier molecular flexibility index (Phi) is 5.55. The predicted octanol–water partition coefficient (Wildman–Crippen LogP) is 2.34. The highest BCUT2D eigenvalue weighted by Crippen LogP contribution is 2.29. The van der Waals surface area contributed by atoms with Crippen LogP contribution >= 0.6 is 0 Å². The van der Waals surface area contributed by atoms with Gasteiger partial charge in [-0.15, -0.1) is 0 Å². The normalized spacial score (nSPS) is 16.2. The third-order valence-corrected chi connectivity index (χ3v) is 6.16. The molecule has 1 saturated heterocycles. The van der Waals surface area contributed by atoms with Crippen molar-refractivity contribution in [3.8, 4) is 11.1 Å². The van der Waals surface area contributed by atoms with Gasteiger partial charge in [-0.1, -0.05) is 30.3 Å². The van der Waals surface area contributed by atoms with Gasteiger partial charge in [-0.25, -0.2) is 14.3 Å². The second-order valence-electron chi connectivity index (χ2n) is 8.19. The van der Waals surface area contributed by atoms with Gasteiger partial charge in [0, 0.05) is 31.6 Å². The van der Waals surface area contributed by atoms with Gasteiger partial charge in [0.25, 0.3) is 0 Å². The van der Waals surface area contributed by atoms with E-state index in [2.05, 4.69) is 50.3 Å². The first-order valence-electron chi connectivity index (χ1n) is 10.9. The first-order chi connectivity index (χ1) is 15.2. The van der Waals surface area contributed by atoms with Crippen molar-refractivity contribution < 1.29 is 5.11 Å². The van der Waals surface area contributed by atoms with Gasteiger partial charge in [0.1, 0.15) is 0 Å².